The van der Waals surface area contributed by atoms with Gasteiger partial charge in [-0.25, -0.2) is 4.79 Å². The van der Waals surface area contributed by atoms with Crippen molar-refractivity contribution >= 4 is 29.4 Å². The van der Waals surface area contributed by atoms with E-state index in [1.54, 1.807) is 12.1 Å². The van der Waals surface area contributed by atoms with Crippen LogP contribution in [0.3, 0.4) is 0 Å². The van der Waals surface area contributed by atoms with Gasteiger partial charge in [-0.3, -0.25) is 14.5 Å². The average molecular weight is 532 g/mol. The summed E-state index contributed by atoms with van der Waals surface area (Å²) in [4.78, 5) is 37.8. The van der Waals surface area contributed by atoms with Crippen molar-refractivity contribution in [1.29, 1.82) is 0 Å². The van der Waals surface area contributed by atoms with Crippen molar-refractivity contribution in [3.05, 3.63) is 75.9 Å². The Morgan fingerprint density at radius 2 is 1.72 bits per heavy atom. The first-order valence-corrected chi connectivity index (χ1v) is 13.4. The first-order valence-electron chi connectivity index (χ1n) is 13.4. The molecule has 1 heterocycles. The van der Waals surface area contributed by atoms with Gasteiger partial charge in [0.1, 0.15) is 11.3 Å². The third-order valence-corrected chi connectivity index (χ3v) is 8.16. The van der Waals surface area contributed by atoms with E-state index in [0.717, 1.165) is 31.4 Å². The molecule has 0 unspecified atom stereocenters. The molecule has 2 aliphatic rings. The maximum absolute atomic E-state index is 13.4. The Labute approximate surface area is 229 Å². The number of hydrogen-bond acceptors (Lipinski definition) is 5. The summed E-state index contributed by atoms with van der Waals surface area (Å²) >= 11 is 0. The van der Waals surface area contributed by atoms with Crippen molar-refractivity contribution < 1.29 is 29.7 Å². The lowest BCUT2D eigenvalue weighted by molar-refractivity contribution is -0.137. The Morgan fingerprint density at radius 3 is 2.33 bits per heavy atom. The van der Waals surface area contributed by atoms with Crippen molar-refractivity contribution in [1.82, 2.24) is 4.90 Å². The number of aromatic carboxylic acids is 1. The van der Waals surface area contributed by atoms with E-state index in [4.69, 9.17) is 10.2 Å². The summed E-state index contributed by atoms with van der Waals surface area (Å²) in [5.74, 6) is -2.53. The first kappa shape index (κ1) is 28.3. The molecule has 0 amide bonds. The average Bonchev–Trinajstić information content (AvgIpc) is 2.88. The second kappa shape index (κ2) is 10.8. The van der Waals surface area contributed by atoms with Gasteiger partial charge in [-0.2, -0.15) is 0 Å². The molecule has 7 heteroatoms. The second-order valence-corrected chi connectivity index (χ2v) is 11.9. The van der Waals surface area contributed by atoms with Crippen LogP contribution in [0.25, 0.3) is 11.6 Å². The summed E-state index contributed by atoms with van der Waals surface area (Å²) in [6.07, 6.45) is 8.18. The van der Waals surface area contributed by atoms with Crippen molar-refractivity contribution in [2.45, 2.75) is 64.2 Å². The van der Waals surface area contributed by atoms with Crippen LogP contribution in [-0.4, -0.2) is 57.6 Å². The highest BCUT2D eigenvalue weighted by atomic mass is 16.4. The van der Waals surface area contributed by atoms with Crippen LogP contribution in [0.1, 0.15) is 96.3 Å². The zero-order valence-electron chi connectivity index (χ0n) is 23.1. The summed E-state index contributed by atoms with van der Waals surface area (Å²) in [6, 6.07) is 8.23. The van der Waals surface area contributed by atoms with Crippen LogP contribution in [-0.2, 0) is 15.6 Å². The maximum atomic E-state index is 13.4. The Hall–Kier alpha value is -3.71. The Kier molecular flexibility index (Phi) is 7.84. The lowest BCUT2D eigenvalue weighted by Crippen LogP contribution is -2.36. The minimum absolute atomic E-state index is 0.0533. The topological polar surface area (TPSA) is 115 Å². The highest BCUT2D eigenvalue weighted by molar-refractivity contribution is 6.07. The number of carboxylic acids is 2. The predicted octanol–water partition coefficient (Wildman–Crippen LogP) is 5.90. The molecule has 7 nitrogen and oxygen atoms in total. The fourth-order valence-electron chi connectivity index (χ4n) is 5.70. The molecular formula is C32H37NO6. The molecule has 2 aromatic rings. The standard InChI is InChI=1S/C32H37NO6/c1-31(2)12-13-32(3,4)29-24(21-9-14-33(15-10-21)16-11-28(36)37)18-22(19-25(29)31)26(34)8-6-20-5-7-23(30(38)39)27(35)17-20/h5-9,17-19,35H,10-16H2,1-4H3,(H,36,37)(H,38,39)/b8-6+. The van der Waals surface area contributed by atoms with E-state index in [1.165, 1.54) is 34.9 Å². The first-order chi connectivity index (χ1) is 18.3. The lowest BCUT2D eigenvalue weighted by atomic mass is 9.61. The van der Waals surface area contributed by atoms with E-state index in [1.807, 2.05) is 12.1 Å². The van der Waals surface area contributed by atoms with Crippen LogP contribution in [0, 0.1) is 0 Å². The van der Waals surface area contributed by atoms with Crippen LogP contribution in [0.4, 0.5) is 0 Å². The number of aromatic hydroxyl groups is 1. The molecule has 0 radical (unpaired) electrons. The zero-order chi connectivity index (χ0) is 28.5. The molecule has 0 saturated heterocycles. The molecule has 0 aromatic heterocycles. The maximum Gasteiger partial charge on any atom is 0.339 e. The summed E-state index contributed by atoms with van der Waals surface area (Å²) in [7, 11) is 0. The molecule has 0 saturated carbocycles. The number of carboxylic acid groups (broad SMARTS) is 2. The molecule has 3 N–H and O–H groups in total. The molecule has 0 bridgehead atoms. The summed E-state index contributed by atoms with van der Waals surface area (Å²) in [6.45, 7) is 10.9. The number of fused-ring (bicyclic) bond motifs is 1. The number of carbonyl (C=O) groups excluding carboxylic acids is 1. The van der Waals surface area contributed by atoms with Crippen LogP contribution >= 0.6 is 0 Å². The minimum Gasteiger partial charge on any atom is -0.507 e. The molecule has 0 atom stereocenters. The van der Waals surface area contributed by atoms with E-state index in [0.29, 0.717) is 24.2 Å². The largest absolute Gasteiger partial charge is 0.507 e. The molecular weight excluding hydrogens is 494 g/mol. The number of phenols is 1. The van der Waals surface area contributed by atoms with Gasteiger partial charge in [-0.05, 0) is 88.3 Å². The highest BCUT2D eigenvalue weighted by Gasteiger charge is 2.40. The fraction of sp³-hybridized carbons (Fsp3) is 0.406. The van der Waals surface area contributed by atoms with Gasteiger partial charge >= 0.3 is 11.9 Å². The molecule has 206 valence electrons. The third kappa shape index (κ3) is 6.14. The van der Waals surface area contributed by atoms with Crippen LogP contribution in [0.5, 0.6) is 5.75 Å². The van der Waals surface area contributed by atoms with Crippen LogP contribution in [0.15, 0.2) is 42.5 Å². The second-order valence-electron chi connectivity index (χ2n) is 11.9. The van der Waals surface area contributed by atoms with Gasteiger partial charge < -0.3 is 15.3 Å². The normalized spacial score (nSPS) is 18.4. The SMILES string of the molecule is CC1(C)CCC(C)(C)c2c(C3=CCN(CCC(=O)O)CC3)cc(C(=O)/C=C/c3ccc(C(=O)O)c(O)c3)cc21. The quantitative estimate of drug-likeness (QED) is 0.287. The zero-order valence-corrected chi connectivity index (χ0v) is 23.1. The predicted molar refractivity (Wildman–Crippen MR) is 151 cm³/mol. The Morgan fingerprint density at radius 1 is 1.00 bits per heavy atom. The van der Waals surface area contributed by atoms with Gasteiger partial charge in [0.15, 0.2) is 5.78 Å². The van der Waals surface area contributed by atoms with Crippen LogP contribution in [0.2, 0.25) is 0 Å². The molecule has 1 aliphatic heterocycles. The Balaban J connectivity index is 1.72. The van der Waals surface area contributed by atoms with Gasteiger partial charge in [0, 0.05) is 25.2 Å². The number of aliphatic carboxylic acids is 1. The van der Waals surface area contributed by atoms with E-state index in [2.05, 4.69) is 38.7 Å². The summed E-state index contributed by atoms with van der Waals surface area (Å²) in [5.41, 5.74) is 5.55. The smallest absolute Gasteiger partial charge is 0.339 e. The molecule has 39 heavy (non-hydrogen) atoms. The number of benzene rings is 2. The van der Waals surface area contributed by atoms with Crippen molar-refractivity contribution in [3.8, 4) is 5.75 Å². The van der Waals surface area contributed by atoms with Gasteiger partial charge in [-0.1, -0.05) is 45.9 Å². The fourth-order valence-corrected chi connectivity index (χ4v) is 5.70. The van der Waals surface area contributed by atoms with Crippen molar-refractivity contribution in [2.24, 2.45) is 0 Å². The minimum atomic E-state index is -1.21. The van der Waals surface area contributed by atoms with Gasteiger partial charge in [0.2, 0.25) is 0 Å². The van der Waals surface area contributed by atoms with Crippen molar-refractivity contribution in [2.75, 3.05) is 19.6 Å². The van der Waals surface area contributed by atoms with Gasteiger partial charge in [0.25, 0.3) is 0 Å². The monoisotopic (exact) mass is 531 g/mol. The summed E-state index contributed by atoms with van der Waals surface area (Å²) < 4.78 is 0. The number of nitrogens with zero attached hydrogens (tertiary/aromatic N) is 1. The number of allylic oxidation sites excluding steroid dienone is 1. The van der Waals surface area contributed by atoms with E-state index in [-0.39, 0.29) is 34.3 Å². The Bertz CT molecular complexity index is 1380. The lowest BCUT2D eigenvalue weighted by Gasteiger charge is -2.44. The third-order valence-electron chi connectivity index (χ3n) is 8.16. The number of rotatable bonds is 8. The van der Waals surface area contributed by atoms with E-state index in [9.17, 15) is 19.5 Å². The van der Waals surface area contributed by atoms with E-state index < -0.39 is 11.9 Å². The number of carbonyl (C=O) groups is 3. The molecule has 4 rings (SSSR count). The number of ketones is 1. The summed E-state index contributed by atoms with van der Waals surface area (Å²) in [5, 5.41) is 28.2. The molecule has 2 aromatic carbocycles. The van der Waals surface area contributed by atoms with Gasteiger partial charge in [0.05, 0.1) is 6.42 Å². The highest BCUT2D eigenvalue weighted by Crippen LogP contribution is 2.49. The van der Waals surface area contributed by atoms with Gasteiger partial charge in [-0.15, -0.1) is 0 Å². The van der Waals surface area contributed by atoms with Crippen LogP contribution < -0.4 is 0 Å². The van der Waals surface area contributed by atoms with E-state index >= 15 is 0 Å². The molecule has 0 fully saturated rings. The van der Waals surface area contributed by atoms with Crippen molar-refractivity contribution in [3.63, 3.8) is 0 Å². The molecule has 1 aliphatic carbocycles. The number of hydrogen-bond donors (Lipinski definition) is 3. The molecule has 0 spiro atoms.